The summed E-state index contributed by atoms with van der Waals surface area (Å²) in [5.41, 5.74) is 0. The van der Waals surface area contributed by atoms with E-state index in [1.54, 1.807) is 0 Å². The van der Waals surface area contributed by atoms with Crippen molar-refractivity contribution < 1.29 is 37.4 Å². The van der Waals surface area contributed by atoms with Crippen LogP contribution < -0.4 is 0 Å². The molecule has 0 aromatic heterocycles. The van der Waals surface area contributed by atoms with Crippen LogP contribution in [-0.4, -0.2) is 36.0 Å². The average molecular weight is 238 g/mol. The van der Waals surface area contributed by atoms with E-state index in [1.165, 1.54) is 0 Å². The molecule has 0 aromatic rings. The molecule has 8 nitrogen and oxygen atoms in total. The van der Waals surface area contributed by atoms with Crippen molar-refractivity contribution in [1.82, 2.24) is 0 Å². The van der Waals surface area contributed by atoms with E-state index in [0.717, 1.165) is 21.3 Å². The number of phosphoric acid groups is 2. The summed E-state index contributed by atoms with van der Waals surface area (Å²) >= 11 is 0. The minimum atomic E-state index is -4.15. The van der Waals surface area contributed by atoms with E-state index in [9.17, 15) is 9.13 Å². The van der Waals surface area contributed by atoms with E-state index in [-0.39, 0.29) is 0 Å². The van der Waals surface area contributed by atoms with Gasteiger partial charge in [0.25, 0.3) is 0 Å². The Bertz CT molecular complexity index is 199. The van der Waals surface area contributed by atoms with Crippen LogP contribution in [0.25, 0.3) is 0 Å². The Kier molecular flexibility index (Phi) is 8.01. The molecular weight excluding hydrogens is 226 g/mol. The fraction of sp³-hybridized carbons (Fsp3) is 1.00. The van der Waals surface area contributed by atoms with Crippen LogP contribution in [0.2, 0.25) is 0 Å². The van der Waals surface area contributed by atoms with Crippen LogP contribution in [0.4, 0.5) is 0 Å². The molecule has 0 aromatic carbocycles. The molecule has 0 rings (SSSR count). The van der Waals surface area contributed by atoms with Gasteiger partial charge in [0.1, 0.15) is 0 Å². The molecule has 0 aliphatic heterocycles. The largest absolute Gasteiger partial charge is 0.471 e. The first-order valence-electron chi connectivity index (χ1n) is 2.74. The van der Waals surface area contributed by atoms with E-state index in [4.69, 9.17) is 14.7 Å². The second kappa shape index (κ2) is 6.64. The van der Waals surface area contributed by atoms with Gasteiger partial charge in [-0.05, 0) is 0 Å². The predicted molar refractivity (Wildman–Crippen MR) is 42.9 cm³/mol. The lowest BCUT2D eigenvalue weighted by molar-refractivity contribution is 0.204. The molecule has 0 bridgehead atoms. The summed E-state index contributed by atoms with van der Waals surface area (Å²) in [6, 6.07) is 0. The molecule has 3 N–H and O–H groups in total. The molecule has 0 saturated carbocycles. The SMILES string of the molecule is COP(=O)(O)O.COP(=O)(O)OC. The molecule has 82 valence electrons. The second-order valence-electron chi connectivity index (χ2n) is 1.51. The Morgan fingerprint density at radius 3 is 1.08 bits per heavy atom. The molecule has 0 spiro atoms. The maximum absolute atomic E-state index is 10.1. The molecule has 0 amide bonds. The lowest BCUT2D eigenvalue weighted by Crippen LogP contribution is -1.83. The van der Waals surface area contributed by atoms with Crippen molar-refractivity contribution >= 4 is 15.6 Å². The Labute approximate surface area is 75.3 Å². The lowest BCUT2D eigenvalue weighted by Gasteiger charge is -2.01. The standard InChI is InChI=1S/C2H7O4P.CH5O4P/c1-5-7(3,4)6-2;1-5-6(2,3)4/h1-2H3,(H,3,4);1H3,(H2,2,3,4). The minimum absolute atomic E-state index is 0.945. The van der Waals surface area contributed by atoms with Crippen molar-refractivity contribution in [2.75, 3.05) is 21.3 Å². The summed E-state index contributed by atoms with van der Waals surface area (Å²) in [6.07, 6.45) is 0. The highest BCUT2D eigenvalue weighted by Gasteiger charge is 2.13. The van der Waals surface area contributed by atoms with Gasteiger partial charge in [-0.2, -0.15) is 0 Å². The van der Waals surface area contributed by atoms with Crippen LogP contribution in [0, 0.1) is 0 Å². The maximum Gasteiger partial charge on any atom is 0.471 e. The summed E-state index contributed by atoms with van der Waals surface area (Å²) in [7, 11) is -4.65. The highest BCUT2D eigenvalue weighted by Crippen LogP contribution is 2.40. The van der Waals surface area contributed by atoms with Crippen LogP contribution in [0.3, 0.4) is 0 Å². The van der Waals surface area contributed by atoms with Crippen LogP contribution in [-0.2, 0) is 22.7 Å². The van der Waals surface area contributed by atoms with Gasteiger partial charge in [-0.15, -0.1) is 0 Å². The Morgan fingerprint density at radius 2 is 1.08 bits per heavy atom. The van der Waals surface area contributed by atoms with Crippen molar-refractivity contribution in [1.29, 1.82) is 0 Å². The van der Waals surface area contributed by atoms with Crippen LogP contribution in [0.1, 0.15) is 0 Å². The van der Waals surface area contributed by atoms with E-state index < -0.39 is 15.6 Å². The minimum Gasteiger partial charge on any atom is -0.303 e. The molecule has 10 heteroatoms. The summed E-state index contributed by atoms with van der Waals surface area (Å²) in [6.45, 7) is 0. The highest BCUT2D eigenvalue weighted by molar-refractivity contribution is 7.47. The molecule has 0 aliphatic carbocycles. The van der Waals surface area contributed by atoms with Gasteiger partial charge >= 0.3 is 15.6 Å². The first-order chi connectivity index (χ1) is 5.68. The topological polar surface area (TPSA) is 123 Å². The summed E-state index contributed by atoms with van der Waals surface area (Å²) in [5.74, 6) is 0. The molecule has 13 heavy (non-hydrogen) atoms. The first kappa shape index (κ1) is 15.7. The monoisotopic (exact) mass is 238 g/mol. The molecule has 0 fully saturated rings. The van der Waals surface area contributed by atoms with Crippen LogP contribution in [0.5, 0.6) is 0 Å². The third-order valence-corrected chi connectivity index (χ3v) is 2.10. The zero-order chi connectivity index (χ0) is 11.1. The fourth-order valence-electron chi connectivity index (χ4n) is 0.0745. The van der Waals surface area contributed by atoms with Crippen molar-refractivity contribution in [3.8, 4) is 0 Å². The Morgan fingerprint density at radius 1 is 0.846 bits per heavy atom. The zero-order valence-corrected chi connectivity index (χ0v) is 9.07. The van der Waals surface area contributed by atoms with Gasteiger partial charge in [0.2, 0.25) is 0 Å². The smallest absolute Gasteiger partial charge is 0.303 e. The number of hydrogen-bond donors (Lipinski definition) is 3. The fourth-order valence-corrected chi connectivity index (χ4v) is 0.224. The maximum atomic E-state index is 10.1. The molecule has 0 radical (unpaired) electrons. The van der Waals surface area contributed by atoms with E-state index in [0.29, 0.717) is 0 Å². The van der Waals surface area contributed by atoms with Gasteiger partial charge in [-0.25, -0.2) is 9.13 Å². The quantitative estimate of drug-likeness (QED) is 0.591. The van der Waals surface area contributed by atoms with Crippen molar-refractivity contribution in [2.45, 2.75) is 0 Å². The van der Waals surface area contributed by atoms with Gasteiger partial charge in [0.15, 0.2) is 0 Å². The van der Waals surface area contributed by atoms with Gasteiger partial charge < -0.3 is 14.7 Å². The highest BCUT2D eigenvalue weighted by atomic mass is 31.2. The number of phosphoric ester groups is 2. The first-order valence-corrected chi connectivity index (χ1v) is 5.76. The van der Waals surface area contributed by atoms with Crippen molar-refractivity contribution in [2.24, 2.45) is 0 Å². The molecule has 0 unspecified atom stereocenters. The van der Waals surface area contributed by atoms with Crippen LogP contribution >= 0.6 is 15.6 Å². The molecule has 0 saturated heterocycles. The molecule has 0 atom stereocenters. The Hall–Kier alpha value is 0.220. The van der Waals surface area contributed by atoms with E-state index >= 15 is 0 Å². The number of hydrogen-bond acceptors (Lipinski definition) is 5. The average Bonchev–Trinajstić information content (AvgIpc) is 2.04. The summed E-state index contributed by atoms with van der Waals surface area (Å²) in [5, 5.41) is 0. The van der Waals surface area contributed by atoms with Crippen molar-refractivity contribution in [3.63, 3.8) is 0 Å². The van der Waals surface area contributed by atoms with E-state index in [1.807, 2.05) is 0 Å². The zero-order valence-electron chi connectivity index (χ0n) is 7.28. The lowest BCUT2D eigenvalue weighted by atomic mass is 11.8. The molecule has 0 aliphatic rings. The predicted octanol–water partition coefficient (Wildman–Crippen LogP) is 0.105. The molecule has 0 heterocycles. The third-order valence-electron chi connectivity index (χ3n) is 0.699. The summed E-state index contributed by atoms with van der Waals surface area (Å²) in [4.78, 5) is 23.7. The Balaban J connectivity index is 0. The second-order valence-corrected chi connectivity index (χ2v) is 4.52. The van der Waals surface area contributed by atoms with Gasteiger partial charge in [-0.1, -0.05) is 0 Å². The van der Waals surface area contributed by atoms with Gasteiger partial charge in [0, 0.05) is 21.3 Å². The van der Waals surface area contributed by atoms with Gasteiger partial charge in [-0.3, -0.25) is 13.6 Å². The molecular formula is C3H12O8P2. The normalized spacial score (nSPS) is 11.8. The van der Waals surface area contributed by atoms with Crippen LogP contribution in [0.15, 0.2) is 0 Å². The summed E-state index contributed by atoms with van der Waals surface area (Å²) < 4.78 is 31.1. The van der Waals surface area contributed by atoms with Crippen molar-refractivity contribution in [3.05, 3.63) is 0 Å². The third kappa shape index (κ3) is 15.0. The van der Waals surface area contributed by atoms with Gasteiger partial charge in [0.05, 0.1) is 0 Å². The van der Waals surface area contributed by atoms with E-state index in [2.05, 4.69) is 13.6 Å². The number of rotatable bonds is 3.